The number of rotatable bonds is 6. The van der Waals surface area contributed by atoms with E-state index in [9.17, 15) is 25.2 Å². The molecule has 1 aliphatic rings. The van der Waals surface area contributed by atoms with Crippen LogP contribution in [0.2, 0.25) is 0 Å². The van der Waals surface area contributed by atoms with Crippen LogP contribution < -0.4 is 10.6 Å². The summed E-state index contributed by atoms with van der Waals surface area (Å²) in [6, 6.07) is 3.45. The maximum atomic E-state index is 11.6. The molecule has 0 bridgehead atoms. The standard InChI is InChI=1S/C16H23N3O6/c1-7-3-9-10(4-8(7)2)19(16(25)13(18-9)15(17)24)5-11(21)14(23)12(22)6-20/h3-4,11-12,14,16,20-23,25H,5-6H2,1-2H3,(H2,17,24). The SMILES string of the molecule is Cc1cc2c(cc1C)N(CC(O)C(O)C(O)CO)C(O)C(C(N)=O)=N2. The monoisotopic (exact) mass is 353 g/mol. The molecule has 0 fully saturated rings. The fourth-order valence-corrected chi connectivity index (χ4v) is 2.63. The lowest BCUT2D eigenvalue weighted by molar-refractivity contribution is -0.112. The summed E-state index contributed by atoms with van der Waals surface area (Å²) in [5.74, 6) is -0.910. The Bertz CT molecular complexity index is 693. The van der Waals surface area contributed by atoms with Gasteiger partial charge in [-0.25, -0.2) is 4.99 Å². The van der Waals surface area contributed by atoms with Crippen molar-refractivity contribution in [3.63, 3.8) is 0 Å². The summed E-state index contributed by atoms with van der Waals surface area (Å²) in [6.07, 6.45) is -6.19. The van der Waals surface area contributed by atoms with Crippen LogP contribution in [-0.4, -0.2) is 74.8 Å². The fraction of sp³-hybridized carbons (Fsp3) is 0.500. The van der Waals surface area contributed by atoms with E-state index in [1.54, 1.807) is 12.1 Å². The molecule has 1 aromatic carbocycles. The first-order valence-electron chi connectivity index (χ1n) is 7.76. The van der Waals surface area contributed by atoms with E-state index in [1.165, 1.54) is 4.90 Å². The van der Waals surface area contributed by atoms with Gasteiger partial charge in [0, 0.05) is 6.54 Å². The predicted octanol–water partition coefficient (Wildman–Crippen LogP) is -1.93. The van der Waals surface area contributed by atoms with Gasteiger partial charge in [-0.05, 0) is 37.1 Å². The number of carbonyl (C=O) groups is 1. The third-order valence-electron chi connectivity index (χ3n) is 4.29. The van der Waals surface area contributed by atoms with Crippen LogP contribution in [0.5, 0.6) is 0 Å². The lowest BCUT2D eigenvalue weighted by Gasteiger charge is -2.37. The molecule has 9 nitrogen and oxygen atoms in total. The molecule has 1 heterocycles. The molecule has 2 rings (SSSR count). The highest BCUT2D eigenvalue weighted by molar-refractivity contribution is 6.41. The number of aliphatic imine (C=N–C) groups is 1. The number of benzene rings is 1. The molecule has 0 saturated carbocycles. The Hall–Kier alpha value is -2.04. The first-order chi connectivity index (χ1) is 11.7. The highest BCUT2D eigenvalue weighted by Crippen LogP contribution is 2.36. The minimum atomic E-state index is -1.64. The molecule has 4 atom stereocenters. The zero-order valence-corrected chi connectivity index (χ0v) is 14.0. The predicted molar refractivity (Wildman–Crippen MR) is 90.7 cm³/mol. The van der Waals surface area contributed by atoms with Crippen LogP contribution in [0.25, 0.3) is 0 Å². The highest BCUT2D eigenvalue weighted by atomic mass is 16.4. The van der Waals surface area contributed by atoms with Crippen LogP contribution >= 0.6 is 0 Å². The maximum absolute atomic E-state index is 11.6. The molecular weight excluding hydrogens is 330 g/mol. The molecule has 25 heavy (non-hydrogen) atoms. The molecule has 0 aliphatic carbocycles. The van der Waals surface area contributed by atoms with Crippen molar-refractivity contribution in [3.8, 4) is 0 Å². The molecule has 0 saturated heterocycles. The van der Waals surface area contributed by atoms with Gasteiger partial charge in [-0.1, -0.05) is 0 Å². The number of hydrogen-bond acceptors (Lipinski definition) is 8. The Labute approximate surface area is 144 Å². The van der Waals surface area contributed by atoms with Gasteiger partial charge < -0.3 is 36.2 Å². The van der Waals surface area contributed by atoms with Crippen LogP contribution in [-0.2, 0) is 4.79 Å². The van der Waals surface area contributed by atoms with Crippen molar-refractivity contribution in [1.82, 2.24) is 0 Å². The van der Waals surface area contributed by atoms with E-state index in [0.717, 1.165) is 11.1 Å². The summed E-state index contributed by atoms with van der Waals surface area (Å²) in [5, 5.41) is 48.7. The van der Waals surface area contributed by atoms with E-state index < -0.39 is 37.1 Å². The second-order valence-corrected chi connectivity index (χ2v) is 6.12. The number of anilines is 1. The Morgan fingerprint density at radius 1 is 1.24 bits per heavy atom. The van der Waals surface area contributed by atoms with Crippen molar-refractivity contribution >= 4 is 23.0 Å². The number of β-amino-alcohol motifs (C(OH)–C–C–N with tert-alkyl or cyclic N) is 1. The molecule has 0 aromatic heterocycles. The largest absolute Gasteiger partial charge is 0.394 e. The summed E-state index contributed by atoms with van der Waals surface area (Å²) in [7, 11) is 0. The zero-order chi connectivity index (χ0) is 18.9. The maximum Gasteiger partial charge on any atom is 0.267 e. The molecule has 0 radical (unpaired) electrons. The number of primary amides is 1. The number of hydrogen-bond donors (Lipinski definition) is 6. The van der Waals surface area contributed by atoms with Crippen molar-refractivity contribution in [2.45, 2.75) is 38.4 Å². The summed E-state index contributed by atoms with van der Waals surface area (Å²) < 4.78 is 0. The number of nitrogens with two attached hydrogens (primary N) is 1. The first kappa shape index (κ1) is 19.3. The molecule has 1 amide bonds. The van der Waals surface area contributed by atoms with E-state index >= 15 is 0 Å². The summed E-state index contributed by atoms with van der Waals surface area (Å²) in [4.78, 5) is 16.9. The van der Waals surface area contributed by atoms with Gasteiger partial charge in [0.25, 0.3) is 5.91 Å². The molecular formula is C16H23N3O6. The van der Waals surface area contributed by atoms with Gasteiger partial charge >= 0.3 is 0 Å². The topological polar surface area (TPSA) is 160 Å². The second-order valence-electron chi connectivity index (χ2n) is 6.12. The number of aliphatic hydroxyl groups excluding tert-OH is 5. The molecule has 0 spiro atoms. The van der Waals surface area contributed by atoms with Crippen molar-refractivity contribution in [2.75, 3.05) is 18.1 Å². The van der Waals surface area contributed by atoms with Crippen LogP contribution in [0, 0.1) is 13.8 Å². The van der Waals surface area contributed by atoms with E-state index in [2.05, 4.69) is 4.99 Å². The Kier molecular flexibility index (Phi) is 5.76. The van der Waals surface area contributed by atoms with E-state index in [0.29, 0.717) is 11.4 Å². The van der Waals surface area contributed by atoms with Crippen molar-refractivity contribution in [2.24, 2.45) is 10.7 Å². The van der Waals surface area contributed by atoms with Gasteiger partial charge in [-0.3, -0.25) is 4.79 Å². The van der Waals surface area contributed by atoms with Gasteiger partial charge in [0.15, 0.2) is 11.9 Å². The van der Waals surface area contributed by atoms with E-state index in [4.69, 9.17) is 10.8 Å². The lowest BCUT2D eigenvalue weighted by atomic mass is 10.0. The normalized spacial score (nSPS) is 20.5. The molecule has 4 unspecified atom stereocenters. The summed E-state index contributed by atoms with van der Waals surface area (Å²) in [6.45, 7) is 2.67. The number of amides is 1. The molecule has 138 valence electrons. The minimum Gasteiger partial charge on any atom is -0.394 e. The molecule has 9 heteroatoms. The van der Waals surface area contributed by atoms with E-state index in [1.807, 2.05) is 13.8 Å². The third-order valence-corrected chi connectivity index (χ3v) is 4.29. The number of carbonyl (C=O) groups excluding carboxylic acids is 1. The molecule has 1 aromatic rings. The molecule has 7 N–H and O–H groups in total. The van der Waals surface area contributed by atoms with Crippen LogP contribution in [0.1, 0.15) is 11.1 Å². The van der Waals surface area contributed by atoms with Crippen molar-refractivity contribution in [1.29, 1.82) is 0 Å². The fourth-order valence-electron chi connectivity index (χ4n) is 2.63. The Balaban J connectivity index is 2.42. The lowest BCUT2D eigenvalue weighted by Crippen LogP contribution is -2.54. The van der Waals surface area contributed by atoms with Crippen LogP contribution in [0.4, 0.5) is 11.4 Å². The van der Waals surface area contributed by atoms with E-state index in [-0.39, 0.29) is 12.3 Å². The van der Waals surface area contributed by atoms with Gasteiger partial charge in [-0.15, -0.1) is 0 Å². The Morgan fingerprint density at radius 3 is 2.40 bits per heavy atom. The summed E-state index contributed by atoms with van der Waals surface area (Å²) >= 11 is 0. The van der Waals surface area contributed by atoms with Crippen molar-refractivity contribution in [3.05, 3.63) is 23.3 Å². The number of aryl methyl sites for hydroxylation is 2. The quantitative estimate of drug-likeness (QED) is 0.347. The number of aliphatic hydroxyl groups is 5. The zero-order valence-electron chi connectivity index (χ0n) is 14.0. The van der Waals surface area contributed by atoms with Gasteiger partial charge in [0.1, 0.15) is 18.3 Å². The second kappa shape index (κ2) is 7.46. The summed E-state index contributed by atoms with van der Waals surface area (Å²) in [5.41, 5.74) is 7.63. The Morgan fingerprint density at radius 2 is 1.84 bits per heavy atom. The van der Waals surface area contributed by atoms with Gasteiger partial charge in [-0.2, -0.15) is 0 Å². The van der Waals surface area contributed by atoms with Gasteiger partial charge in [0.05, 0.1) is 18.0 Å². The highest BCUT2D eigenvalue weighted by Gasteiger charge is 2.35. The van der Waals surface area contributed by atoms with Gasteiger partial charge in [0.2, 0.25) is 0 Å². The average Bonchev–Trinajstić information content (AvgIpc) is 2.57. The number of fused-ring (bicyclic) bond motifs is 1. The minimum absolute atomic E-state index is 0.292. The van der Waals surface area contributed by atoms with Crippen LogP contribution in [0.3, 0.4) is 0 Å². The smallest absolute Gasteiger partial charge is 0.267 e. The number of nitrogens with zero attached hydrogens (tertiary/aromatic N) is 2. The molecule has 1 aliphatic heterocycles. The average molecular weight is 353 g/mol. The van der Waals surface area contributed by atoms with Crippen LogP contribution in [0.15, 0.2) is 17.1 Å². The third kappa shape index (κ3) is 3.80. The van der Waals surface area contributed by atoms with Crippen molar-refractivity contribution < 1.29 is 30.3 Å². The first-order valence-corrected chi connectivity index (χ1v) is 7.76.